The van der Waals surface area contributed by atoms with Crippen molar-refractivity contribution in [3.05, 3.63) is 35.9 Å². The summed E-state index contributed by atoms with van der Waals surface area (Å²) in [6, 6.07) is 4.35. The Morgan fingerprint density at radius 3 is 2.06 bits per heavy atom. The first-order valence-corrected chi connectivity index (χ1v) is 12.0. The van der Waals surface area contributed by atoms with Crippen molar-refractivity contribution in [1.29, 1.82) is 0 Å². The Balaban J connectivity index is 3.15. The van der Waals surface area contributed by atoms with Crippen LogP contribution in [0.4, 0.5) is 0 Å². The lowest BCUT2D eigenvalue weighted by molar-refractivity contribution is -0.143. The van der Waals surface area contributed by atoms with Gasteiger partial charge in [-0.2, -0.15) is 12.6 Å². The van der Waals surface area contributed by atoms with E-state index in [1.54, 1.807) is 44.2 Å². The molecule has 12 heteroatoms. The highest BCUT2D eigenvalue weighted by Gasteiger charge is 2.32. The molecule has 4 amide bonds. The van der Waals surface area contributed by atoms with Crippen LogP contribution in [0, 0.1) is 5.92 Å². The van der Waals surface area contributed by atoms with Crippen molar-refractivity contribution in [3.8, 4) is 0 Å². The third-order valence-electron chi connectivity index (χ3n) is 5.54. The van der Waals surface area contributed by atoms with Gasteiger partial charge in [0, 0.05) is 18.6 Å². The van der Waals surface area contributed by atoms with E-state index in [9.17, 15) is 29.1 Å². The number of carboxylic acid groups (broad SMARTS) is 1. The molecule has 8 N–H and O–H groups in total. The summed E-state index contributed by atoms with van der Waals surface area (Å²) >= 11 is 3.96. The van der Waals surface area contributed by atoms with Crippen LogP contribution in [0.2, 0.25) is 0 Å². The Hall–Kier alpha value is -3.12. The Bertz CT molecular complexity index is 884. The number of nitrogens with one attached hydrogen (secondary N) is 3. The summed E-state index contributed by atoms with van der Waals surface area (Å²) in [6.07, 6.45) is 0.271. The number of primary amides is 1. The molecule has 0 heterocycles. The summed E-state index contributed by atoms with van der Waals surface area (Å²) in [4.78, 5) is 61.4. The number of hydrogen-bond donors (Lipinski definition) is 7. The van der Waals surface area contributed by atoms with Crippen LogP contribution in [0.1, 0.15) is 38.7 Å². The fourth-order valence-electron chi connectivity index (χ4n) is 3.19. The fraction of sp³-hybridized carbons (Fsp3) is 0.522. The third kappa shape index (κ3) is 10.4. The number of carboxylic acids is 1. The molecule has 0 aliphatic rings. The number of rotatable bonds is 15. The molecule has 5 atom stereocenters. The fourth-order valence-corrected chi connectivity index (χ4v) is 3.35. The predicted octanol–water partition coefficient (Wildman–Crippen LogP) is -0.663. The molecule has 0 saturated carbocycles. The molecule has 11 nitrogen and oxygen atoms in total. The minimum Gasteiger partial charge on any atom is -0.480 e. The summed E-state index contributed by atoms with van der Waals surface area (Å²) in [5.74, 6) is -4.27. The van der Waals surface area contributed by atoms with Gasteiger partial charge < -0.3 is 32.5 Å². The quantitative estimate of drug-likeness (QED) is 0.152. The molecule has 0 saturated heterocycles. The molecule has 1 aromatic rings. The van der Waals surface area contributed by atoms with Gasteiger partial charge in [-0.05, 0) is 17.9 Å². The van der Waals surface area contributed by atoms with Gasteiger partial charge in [0.2, 0.25) is 23.6 Å². The number of amides is 4. The lowest BCUT2D eigenvalue weighted by Crippen LogP contribution is -2.58. The first-order chi connectivity index (χ1) is 16.5. The van der Waals surface area contributed by atoms with Crippen molar-refractivity contribution in [2.45, 2.75) is 63.7 Å². The number of carbonyl (C=O) groups is 5. The van der Waals surface area contributed by atoms with E-state index in [4.69, 9.17) is 11.5 Å². The summed E-state index contributed by atoms with van der Waals surface area (Å²) in [5.41, 5.74) is 11.6. The lowest BCUT2D eigenvalue weighted by atomic mass is 9.98. The molecule has 5 unspecified atom stereocenters. The molecule has 0 aliphatic heterocycles. The molecule has 0 spiro atoms. The van der Waals surface area contributed by atoms with Crippen molar-refractivity contribution in [1.82, 2.24) is 16.0 Å². The van der Waals surface area contributed by atoms with Crippen LogP contribution in [0.25, 0.3) is 0 Å². The number of aliphatic carboxylic acids is 1. The van der Waals surface area contributed by atoms with Gasteiger partial charge in [-0.1, -0.05) is 50.6 Å². The largest absolute Gasteiger partial charge is 0.480 e. The van der Waals surface area contributed by atoms with Crippen LogP contribution in [-0.4, -0.2) is 64.6 Å². The van der Waals surface area contributed by atoms with E-state index in [0.717, 1.165) is 5.56 Å². The van der Waals surface area contributed by atoms with Gasteiger partial charge in [0.1, 0.15) is 18.1 Å². The van der Waals surface area contributed by atoms with E-state index in [1.807, 2.05) is 0 Å². The maximum absolute atomic E-state index is 13.1. The molecule has 1 rings (SSSR count). The van der Waals surface area contributed by atoms with Gasteiger partial charge in [0.05, 0.1) is 6.04 Å². The number of nitrogens with two attached hydrogens (primary N) is 2. The van der Waals surface area contributed by atoms with E-state index in [-0.39, 0.29) is 30.9 Å². The average molecular weight is 510 g/mol. The summed E-state index contributed by atoms with van der Waals surface area (Å²) < 4.78 is 0. The van der Waals surface area contributed by atoms with Gasteiger partial charge in [0.15, 0.2) is 0 Å². The van der Waals surface area contributed by atoms with Crippen molar-refractivity contribution < 1.29 is 29.1 Å². The highest BCUT2D eigenvalue weighted by molar-refractivity contribution is 7.80. The number of hydrogen-bond acceptors (Lipinski definition) is 7. The molecule has 1 aromatic carbocycles. The maximum atomic E-state index is 13.1. The minimum atomic E-state index is -1.20. The van der Waals surface area contributed by atoms with Gasteiger partial charge in [-0.3, -0.25) is 19.2 Å². The molecular formula is C23H35N5O6S. The van der Waals surface area contributed by atoms with Crippen molar-refractivity contribution in [2.24, 2.45) is 17.4 Å². The minimum absolute atomic E-state index is 0.0290. The van der Waals surface area contributed by atoms with Crippen LogP contribution in [-0.2, 0) is 30.4 Å². The zero-order valence-electron chi connectivity index (χ0n) is 19.9. The number of carbonyl (C=O) groups excluding carboxylic acids is 4. The second-order valence-electron chi connectivity index (χ2n) is 8.32. The van der Waals surface area contributed by atoms with Crippen molar-refractivity contribution >= 4 is 42.2 Å². The van der Waals surface area contributed by atoms with E-state index >= 15 is 0 Å². The van der Waals surface area contributed by atoms with Crippen LogP contribution < -0.4 is 27.4 Å². The van der Waals surface area contributed by atoms with Crippen molar-refractivity contribution in [3.63, 3.8) is 0 Å². The van der Waals surface area contributed by atoms with Crippen molar-refractivity contribution in [2.75, 3.05) is 5.75 Å². The molecule has 0 aromatic heterocycles. The molecule has 0 radical (unpaired) electrons. The average Bonchev–Trinajstić information content (AvgIpc) is 2.83. The topological polar surface area (TPSA) is 194 Å². The van der Waals surface area contributed by atoms with Crippen LogP contribution in [0.15, 0.2) is 30.3 Å². The van der Waals surface area contributed by atoms with Gasteiger partial charge >= 0.3 is 5.97 Å². The van der Waals surface area contributed by atoms with E-state index in [0.29, 0.717) is 6.42 Å². The monoisotopic (exact) mass is 509 g/mol. The Kier molecular flexibility index (Phi) is 12.8. The number of thiol groups is 1. The second kappa shape index (κ2) is 15.0. The maximum Gasteiger partial charge on any atom is 0.326 e. The Morgan fingerprint density at radius 1 is 0.971 bits per heavy atom. The summed E-state index contributed by atoms with van der Waals surface area (Å²) in [6.45, 7) is 3.50. The predicted molar refractivity (Wildman–Crippen MR) is 133 cm³/mol. The first-order valence-electron chi connectivity index (χ1n) is 11.3. The lowest BCUT2D eigenvalue weighted by Gasteiger charge is -2.26. The normalized spacial score (nSPS) is 15.1. The van der Waals surface area contributed by atoms with Crippen LogP contribution in [0.5, 0.6) is 0 Å². The zero-order valence-corrected chi connectivity index (χ0v) is 20.8. The van der Waals surface area contributed by atoms with E-state index in [1.165, 1.54) is 0 Å². The highest BCUT2D eigenvalue weighted by Crippen LogP contribution is 2.10. The SMILES string of the molecule is CCC(C)C(NC(=O)C(Cc1ccccc1)NC(=O)C(CCC(N)=O)NC(=O)C(N)CS)C(=O)O. The smallest absolute Gasteiger partial charge is 0.326 e. The molecule has 0 fully saturated rings. The van der Waals surface area contributed by atoms with Gasteiger partial charge in [0.25, 0.3) is 0 Å². The Morgan fingerprint density at radius 2 is 1.54 bits per heavy atom. The zero-order chi connectivity index (χ0) is 26.5. The molecular weight excluding hydrogens is 474 g/mol. The second-order valence-corrected chi connectivity index (χ2v) is 8.68. The molecule has 0 aliphatic carbocycles. The number of benzene rings is 1. The summed E-state index contributed by atoms with van der Waals surface area (Å²) in [5, 5.41) is 17.1. The Labute approximate surface area is 210 Å². The van der Waals surface area contributed by atoms with Gasteiger partial charge in [-0.15, -0.1) is 0 Å². The van der Waals surface area contributed by atoms with Crippen LogP contribution >= 0.6 is 12.6 Å². The standard InChI is InChI=1S/C23H35N5O6S/c1-3-13(2)19(23(33)34)28-22(32)17(11-14-7-5-4-6-8-14)27-21(31)16(9-10-18(25)29)26-20(30)15(24)12-35/h4-8,13,15-17,19,35H,3,9-12,24H2,1-2H3,(H2,25,29)(H,26,30)(H,27,31)(H,28,32)(H,33,34). The van der Waals surface area contributed by atoms with Gasteiger partial charge in [-0.25, -0.2) is 4.79 Å². The van der Waals surface area contributed by atoms with E-state index < -0.39 is 53.8 Å². The van der Waals surface area contributed by atoms with E-state index in [2.05, 4.69) is 28.6 Å². The first kappa shape index (κ1) is 29.9. The summed E-state index contributed by atoms with van der Waals surface area (Å²) in [7, 11) is 0. The molecule has 0 bridgehead atoms. The molecule has 35 heavy (non-hydrogen) atoms. The third-order valence-corrected chi connectivity index (χ3v) is 5.93. The molecule has 194 valence electrons. The van der Waals surface area contributed by atoms with Crippen LogP contribution in [0.3, 0.4) is 0 Å². The highest BCUT2D eigenvalue weighted by atomic mass is 32.1.